The van der Waals surface area contributed by atoms with Gasteiger partial charge >= 0.3 is 6.03 Å². The van der Waals surface area contributed by atoms with Gasteiger partial charge in [0.25, 0.3) is 5.91 Å². The first kappa shape index (κ1) is 43.6. The maximum Gasteiger partial charge on any atom is 0.331 e. The number of ether oxygens (including phenoxy) is 4. The van der Waals surface area contributed by atoms with Gasteiger partial charge in [-0.2, -0.15) is 0 Å². The van der Waals surface area contributed by atoms with Crippen molar-refractivity contribution in [1.82, 2.24) is 24.8 Å². The number of hydrogen-bond acceptors (Lipinski definition) is 16. The smallest absolute Gasteiger partial charge is 0.331 e. The fraction of sp³-hybridized carbons (Fsp3) is 0.595. The van der Waals surface area contributed by atoms with Crippen molar-refractivity contribution in [3.63, 3.8) is 0 Å². The van der Waals surface area contributed by atoms with Crippen molar-refractivity contribution in [2.45, 2.75) is 95.5 Å². The summed E-state index contributed by atoms with van der Waals surface area (Å²) < 4.78 is 25.1. The molecule has 2 saturated heterocycles. The van der Waals surface area contributed by atoms with E-state index in [2.05, 4.69) is 25.9 Å². The third-order valence-electron chi connectivity index (χ3n) is 9.46. The van der Waals surface area contributed by atoms with Crippen molar-refractivity contribution in [1.29, 1.82) is 0 Å². The summed E-state index contributed by atoms with van der Waals surface area (Å²) in [6.45, 7) is 7.51. The average molecular weight is 803 g/mol. The van der Waals surface area contributed by atoms with Crippen LogP contribution < -0.4 is 20.9 Å². The van der Waals surface area contributed by atoms with E-state index in [4.69, 9.17) is 18.9 Å². The summed E-state index contributed by atoms with van der Waals surface area (Å²) in [5.41, 5.74) is 1.05. The lowest BCUT2D eigenvalue weighted by Crippen LogP contribution is -2.67. The Bertz CT molecular complexity index is 1810. The fourth-order valence-corrected chi connectivity index (χ4v) is 6.66. The first-order valence-electron chi connectivity index (χ1n) is 18.7. The molecule has 5 rings (SSSR count). The van der Waals surface area contributed by atoms with Gasteiger partial charge in [-0.1, -0.05) is 0 Å². The van der Waals surface area contributed by atoms with E-state index in [0.717, 1.165) is 5.69 Å². The monoisotopic (exact) mass is 802 g/mol. The number of rotatable bonds is 14. The van der Waals surface area contributed by atoms with Crippen molar-refractivity contribution in [3.05, 3.63) is 42.9 Å². The van der Waals surface area contributed by atoms with Crippen molar-refractivity contribution in [2.24, 2.45) is 0 Å². The number of benzene rings is 1. The normalized spacial score (nSPS) is 23.7. The molecule has 2 aliphatic heterocycles. The maximum absolute atomic E-state index is 13.9. The second-order valence-corrected chi connectivity index (χ2v) is 14.9. The number of aliphatic hydroxyl groups excluding tert-OH is 5. The molecule has 20 heteroatoms. The standard InChI is InChI=1S/C37H54N8O12/c1-20(48)29(55-34(25(50)17-46)56-30-27(41-21(2)49)35(57-37(3,4)5)54-26(18-47)28(30)51)33(52)44-15-13-43(14-16-44)23-9-7-22(8-10-23)42-36(53)45-12-11-24-31(38-6)39-19-40-32(24)45/h7-12,19-20,25-30,34-35,46-48,50-51H,13-18H2,1-6H3,(H,41,49)(H,42,53)(H,38,39,40)/t20-,25-,26?,27?,28?,29?,30?,34?,35?/m0/s1. The molecular formula is C37H54N8O12. The fourth-order valence-electron chi connectivity index (χ4n) is 6.66. The Morgan fingerprint density at radius 2 is 1.72 bits per heavy atom. The molecule has 2 aliphatic rings. The van der Waals surface area contributed by atoms with E-state index in [1.807, 2.05) is 17.0 Å². The SMILES string of the molecule is CNc1ncnc2c1ccn2C(=O)Nc1ccc(N2CCN(C(=O)C(OC(OC3C(O)C(CO)OC(OC(C)(C)C)C3NC(C)=O)[C@@H](O)CO)[C@H](C)O)CC2)cc1. The quantitative estimate of drug-likeness (QED) is 0.0950. The van der Waals surface area contributed by atoms with Gasteiger partial charge in [-0.25, -0.2) is 14.8 Å². The second-order valence-electron chi connectivity index (χ2n) is 14.9. The van der Waals surface area contributed by atoms with Gasteiger partial charge in [-0.3, -0.25) is 14.2 Å². The summed E-state index contributed by atoms with van der Waals surface area (Å²) in [6, 6.07) is 7.38. The summed E-state index contributed by atoms with van der Waals surface area (Å²) >= 11 is 0. The predicted molar refractivity (Wildman–Crippen MR) is 205 cm³/mol. The Morgan fingerprint density at radius 1 is 1.04 bits per heavy atom. The van der Waals surface area contributed by atoms with Crippen molar-refractivity contribution < 1.29 is 58.9 Å². The molecule has 0 saturated carbocycles. The van der Waals surface area contributed by atoms with Gasteiger partial charge in [0.1, 0.15) is 42.6 Å². The second kappa shape index (κ2) is 18.8. The minimum Gasteiger partial charge on any atom is -0.394 e. The number of aromatic nitrogens is 3. The number of carbonyl (C=O) groups excluding carboxylic acids is 3. The number of amides is 3. The minimum absolute atomic E-state index is 0.239. The number of aliphatic hydroxyl groups is 5. The van der Waals surface area contributed by atoms with Crippen LogP contribution in [-0.2, 0) is 28.5 Å². The van der Waals surface area contributed by atoms with Crippen LogP contribution >= 0.6 is 0 Å². The van der Waals surface area contributed by atoms with E-state index >= 15 is 0 Å². The van der Waals surface area contributed by atoms with Gasteiger partial charge in [-0.15, -0.1) is 0 Å². The van der Waals surface area contributed by atoms with Crippen LogP contribution in [0.3, 0.4) is 0 Å². The lowest BCUT2D eigenvalue weighted by atomic mass is 9.96. The van der Waals surface area contributed by atoms with Crippen molar-refractivity contribution >= 4 is 46.1 Å². The molecule has 9 atom stereocenters. The number of fused-ring (bicyclic) bond motifs is 1. The lowest BCUT2D eigenvalue weighted by molar-refractivity contribution is -0.328. The van der Waals surface area contributed by atoms with Crippen molar-refractivity contribution in [3.8, 4) is 0 Å². The Labute approximate surface area is 329 Å². The summed E-state index contributed by atoms with van der Waals surface area (Å²) in [6.07, 6.45) is -9.09. The predicted octanol–water partition coefficient (Wildman–Crippen LogP) is -0.570. The highest BCUT2D eigenvalue weighted by molar-refractivity contribution is 5.99. The Morgan fingerprint density at radius 3 is 2.30 bits per heavy atom. The topological polar surface area (TPSA) is 263 Å². The van der Waals surface area contributed by atoms with Gasteiger partial charge in [0.15, 0.2) is 24.3 Å². The molecule has 1 aromatic carbocycles. The molecule has 57 heavy (non-hydrogen) atoms. The summed E-state index contributed by atoms with van der Waals surface area (Å²) in [5, 5.41) is 61.8. The van der Waals surface area contributed by atoms with Gasteiger partial charge in [0, 0.05) is 57.7 Å². The Kier molecular flexibility index (Phi) is 14.4. The zero-order valence-electron chi connectivity index (χ0n) is 32.8. The summed E-state index contributed by atoms with van der Waals surface area (Å²) in [5.74, 6) is -0.540. The molecule has 7 unspecified atom stereocenters. The number of carbonyl (C=O) groups is 3. The molecule has 20 nitrogen and oxygen atoms in total. The average Bonchev–Trinajstić information content (AvgIpc) is 3.62. The van der Waals surface area contributed by atoms with Crippen LogP contribution in [0.5, 0.6) is 0 Å². The highest BCUT2D eigenvalue weighted by atomic mass is 16.7. The van der Waals surface area contributed by atoms with Crippen LogP contribution in [0.25, 0.3) is 11.0 Å². The third-order valence-corrected chi connectivity index (χ3v) is 9.46. The lowest BCUT2D eigenvalue weighted by Gasteiger charge is -2.47. The number of nitrogens with zero attached hydrogens (tertiary/aromatic N) is 5. The van der Waals surface area contributed by atoms with Crippen LogP contribution in [-0.4, -0.2) is 170 Å². The van der Waals surface area contributed by atoms with Gasteiger partial charge in [-0.05, 0) is 58.0 Å². The van der Waals surface area contributed by atoms with Crippen LogP contribution in [0.4, 0.5) is 22.0 Å². The van der Waals surface area contributed by atoms with E-state index in [9.17, 15) is 39.9 Å². The van der Waals surface area contributed by atoms with Crippen molar-refractivity contribution in [2.75, 3.05) is 62.0 Å². The largest absolute Gasteiger partial charge is 0.394 e. The van der Waals surface area contributed by atoms with E-state index in [0.29, 0.717) is 35.6 Å². The number of nitrogens with one attached hydrogen (secondary N) is 3. The molecule has 0 bridgehead atoms. The molecule has 2 aromatic heterocycles. The first-order valence-corrected chi connectivity index (χ1v) is 18.7. The van der Waals surface area contributed by atoms with Gasteiger partial charge in [0.2, 0.25) is 5.91 Å². The van der Waals surface area contributed by atoms with Gasteiger partial charge in [0.05, 0.1) is 30.3 Å². The van der Waals surface area contributed by atoms with E-state index < -0.39 is 91.9 Å². The molecule has 4 heterocycles. The molecule has 8 N–H and O–H groups in total. The Hall–Kier alpha value is -4.51. The zero-order valence-corrected chi connectivity index (χ0v) is 32.8. The molecular weight excluding hydrogens is 748 g/mol. The summed E-state index contributed by atoms with van der Waals surface area (Å²) in [4.78, 5) is 51.1. The van der Waals surface area contributed by atoms with Gasteiger partial charge < -0.3 is 70.2 Å². The number of anilines is 3. The van der Waals surface area contributed by atoms with E-state index in [1.54, 1.807) is 52.2 Å². The third kappa shape index (κ3) is 10.5. The van der Waals surface area contributed by atoms with E-state index in [1.165, 1.54) is 29.6 Å². The molecule has 314 valence electrons. The molecule has 2 fully saturated rings. The zero-order chi connectivity index (χ0) is 41.6. The molecule has 0 aliphatic carbocycles. The van der Waals surface area contributed by atoms with Crippen LogP contribution in [0.15, 0.2) is 42.9 Å². The number of hydrogen-bond donors (Lipinski definition) is 8. The highest BCUT2D eigenvalue weighted by Gasteiger charge is 2.50. The van der Waals surface area contributed by atoms with Crippen LogP contribution in [0.1, 0.15) is 34.6 Å². The molecule has 0 radical (unpaired) electrons. The van der Waals surface area contributed by atoms with Crippen LogP contribution in [0, 0.1) is 0 Å². The van der Waals surface area contributed by atoms with Crippen LogP contribution in [0.2, 0.25) is 0 Å². The molecule has 3 aromatic rings. The van der Waals surface area contributed by atoms with E-state index in [-0.39, 0.29) is 13.1 Å². The Balaban J connectivity index is 1.23. The maximum atomic E-state index is 13.9. The minimum atomic E-state index is -1.81. The first-order chi connectivity index (χ1) is 27.0. The summed E-state index contributed by atoms with van der Waals surface area (Å²) in [7, 11) is 1.74. The highest BCUT2D eigenvalue weighted by Crippen LogP contribution is 2.30. The number of piperazine rings is 1. The molecule has 3 amide bonds. The molecule has 0 spiro atoms.